The van der Waals surface area contributed by atoms with Gasteiger partial charge in [-0.25, -0.2) is 5.84 Å². The van der Waals surface area contributed by atoms with E-state index >= 15 is 0 Å². The maximum Gasteiger partial charge on any atom is 0.319 e. The van der Waals surface area contributed by atoms with Gasteiger partial charge in [-0.2, -0.15) is 0 Å². The summed E-state index contributed by atoms with van der Waals surface area (Å²) >= 11 is 0. The Balaban J connectivity index is 2.84. The first-order chi connectivity index (χ1) is 10.6. The minimum Gasteiger partial charge on any atom is -0.459 e. The van der Waals surface area contributed by atoms with Crippen LogP contribution in [0.3, 0.4) is 0 Å². The number of hydrogen-bond donors (Lipinski definition) is 1. The number of rotatable bonds is 3. The number of carbonyl (C=O) groups excluding carboxylic acids is 2. The Labute approximate surface area is 147 Å². The average Bonchev–Trinajstić information content (AvgIpc) is 2.46. The van der Waals surface area contributed by atoms with Gasteiger partial charge in [-0.15, -0.1) is 0 Å². The van der Waals surface area contributed by atoms with Gasteiger partial charge in [-0.1, -0.05) is 20.8 Å². The zero-order valence-electron chi connectivity index (χ0n) is 16.4. The quantitative estimate of drug-likeness (QED) is 0.276. The lowest BCUT2D eigenvalue weighted by Crippen LogP contribution is -2.49. The van der Waals surface area contributed by atoms with E-state index in [2.05, 4.69) is 33.9 Å². The Morgan fingerprint density at radius 3 is 2.17 bits per heavy atom. The number of nitrogens with two attached hydrogens (primary N) is 1. The van der Waals surface area contributed by atoms with E-state index in [0.717, 1.165) is 5.01 Å². The molecule has 1 aliphatic heterocycles. The Kier molecular flexibility index (Phi) is 6.28. The molecule has 1 aliphatic rings. The molecule has 0 spiro atoms. The second-order valence-corrected chi connectivity index (χ2v) is 13.9. The molecule has 0 bridgehead atoms. The summed E-state index contributed by atoms with van der Waals surface area (Å²) < 4.78 is 11.8. The van der Waals surface area contributed by atoms with Crippen LogP contribution in [0.4, 0.5) is 0 Å². The third kappa shape index (κ3) is 5.56. The molecule has 0 aliphatic carbocycles. The molecule has 1 fully saturated rings. The minimum atomic E-state index is -1.96. The van der Waals surface area contributed by atoms with Crippen LogP contribution < -0.4 is 5.84 Å². The summed E-state index contributed by atoms with van der Waals surface area (Å²) in [4.78, 5) is 24.8. The first-order valence-electron chi connectivity index (χ1n) is 8.61. The van der Waals surface area contributed by atoms with Gasteiger partial charge in [-0.3, -0.25) is 14.6 Å². The highest BCUT2D eigenvalue weighted by Crippen LogP contribution is 2.38. The zero-order chi connectivity index (χ0) is 18.9. The van der Waals surface area contributed by atoms with Crippen LogP contribution in [0.25, 0.3) is 0 Å². The summed E-state index contributed by atoms with van der Waals surface area (Å²) in [5.41, 5.74) is -0.625. The van der Waals surface area contributed by atoms with Gasteiger partial charge in [0.2, 0.25) is 0 Å². The van der Waals surface area contributed by atoms with Crippen molar-refractivity contribution in [3.05, 3.63) is 0 Å². The largest absolute Gasteiger partial charge is 0.459 e. The van der Waals surface area contributed by atoms with Crippen LogP contribution in [0.1, 0.15) is 54.4 Å². The van der Waals surface area contributed by atoms with Gasteiger partial charge in [0, 0.05) is 0 Å². The third-order valence-corrected chi connectivity index (χ3v) is 9.25. The lowest BCUT2D eigenvalue weighted by molar-refractivity contribution is -0.164. The molecule has 2 N–H and O–H groups in total. The second kappa shape index (κ2) is 7.13. The fraction of sp³-hybridized carbons (Fsp3) is 0.882. The van der Waals surface area contributed by atoms with Crippen LogP contribution in [0.15, 0.2) is 0 Å². The van der Waals surface area contributed by atoms with Crippen molar-refractivity contribution in [2.45, 2.75) is 84.2 Å². The van der Waals surface area contributed by atoms with Crippen LogP contribution in [-0.4, -0.2) is 43.5 Å². The smallest absolute Gasteiger partial charge is 0.319 e. The van der Waals surface area contributed by atoms with Crippen molar-refractivity contribution in [1.29, 1.82) is 0 Å². The van der Waals surface area contributed by atoms with Gasteiger partial charge in [-0.05, 0) is 51.7 Å². The summed E-state index contributed by atoms with van der Waals surface area (Å²) in [5.74, 6) is 4.17. The van der Waals surface area contributed by atoms with Crippen molar-refractivity contribution in [3.63, 3.8) is 0 Å². The number of carbonyl (C=O) groups is 2. The third-order valence-electron chi connectivity index (χ3n) is 4.72. The predicted octanol–water partition coefficient (Wildman–Crippen LogP) is 2.83. The lowest BCUT2D eigenvalue weighted by Gasteiger charge is -2.39. The molecule has 2 atom stereocenters. The molecule has 0 aromatic rings. The van der Waals surface area contributed by atoms with E-state index in [1.807, 2.05) is 0 Å². The van der Waals surface area contributed by atoms with E-state index in [-0.39, 0.29) is 17.0 Å². The van der Waals surface area contributed by atoms with Gasteiger partial charge >= 0.3 is 5.97 Å². The van der Waals surface area contributed by atoms with E-state index in [1.165, 1.54) is 0 Å². The molecule has 0 radical (unpaired) electrons. The molecular formula is C17H34N2O4Si. The van der Waals surface area contributed by atoms with Gasteiger partial charge in [0.05, 0.1) is 12.6 Å². The predicted molar refractivity (Wildman–Crippen MR) is 96.5 cm³/mol. The number of ether oxygens (including phenoxy) is 1. The summed E-state index contributed by atoms with van der Waals surface area (Å²) in [6.07, 6.45) is 0.878. The molecule has 140 valence electrons. The standard InChI is InChI=1S/C17H34N2O4Si/c1-16(2,3)22-15(21)13-10-9-12(11-19(18)14(13)20)23-24(7,8)17(4,5)6/h12-13H,9-11,18H2,1-8H3/t12-,13+/m1/s1. The van der Waals surface area contributed by atoms with Crippen LogP contribution in [-0.2, 0) is 18.8 Å². The monoisotopic (exact) mass is 358 g/mol. The molecule has 1 amide bonds. The molecule has 6 nitrogen and oxygen atoms in total. The molecule has 0 aromatic heterocycles. The van der Waals surface area contributed by atoms with Crippen molar-refractivity contribution in [3.8, 4) is 0 Å². The summed E-state index contributed by atoms with van der Waals surface area (Å²) in [6.45, 7) is 16.5. The summed E-state index contributed by atoms with van der Waals surface area (Å²) in [6, 6.07) is 0. The van der Waals surface area contributed by atoms with E-state index in [4.69, 9.17) is 15.0 Å². The molecule has 24 heavy (non-hydrogen) atoms. The summed E-state index contributed by atoms with van der Waals surface area (Å²) in [5, 5.41) is 1.20. The van der Waals surface area contributed by atoms with Gasteiger partial charge in [0.1, 0.15) is 11.5 Å². The molecule has 0 saturated carbocycles. The Hall–Kier alpha value is -0.923. The van der Waals surface area contributed by atoms with Crippen LogP contribution in [0.2, 0.25) is 18.1 Å². The van der Waals surface area contributed by atoms with Gasteiger partial charge < -0.3 is 9.16 Å². The first-order valence-corrected chi connectivity index (χ1v) is 11.5. The van der Waals surface area contributed by atoms with Crippen molar-refractivity contribution in [2.24, 2.45) is 11.8 Å². The Morgan fingerprint density at radius 2 is 1.71 bits per heavy atom. The highest BCUT2D eigenvalue weighted by molar-refractivity contribution is 6.74. The normalized spacial score (nSPS) is 23.9. The van der Waals surface area contributed by atoms with Gasteiger partial charge in [0.15, 0.2) is 8.32 Å². The average molecular weight is 359 g/mol. The van der Waals surface area contributed by atoms with Crippen molar-refractivity contribution >= 4 is 20.2 Å². The molecular weight excluding hydrogens is 324 g/mol. The van der Waals surface area contributed by atoms with E-state index in [9.17, 15) is 9.59 Å². The highest BCUT2D eigenvalue weighted by atomic mass is 28.4. The lowest BCUT2D eigenvalue weighted by atomic mass is 10.0. The number of amides is 1. The van der Waals surface area contributed by atoms with Crippen LogP contribution in [0, 0.1) is 5.92 Å². The Morgan fingerprint density at radius 1 is 1.17 bits per heavy atom. The number of hydrogen-bond acceptors (Lipinski definition) is 5. The van der Waals surface area contributed by atoms with Crippen molar-refractivity contribution in [2.75, 3.05) is 6.54 Å². The second-order valence-electron chi connectivity index (χ2n) is 9.15. The van der Waals surface area contributed by atoms with E-state index in [1.54, 1.807) is 20.8 Å². The molecule has 1 heterocycles. The fourth-order valence-corrected chi connectivity index (χ4v) is 3.74. The topological polar surface area (TPSA) is 81.9 Å². The Bertz CT molecular complexity index is 480. The molecule has 7 heteroatoms. The SMILES string of the molecule is CC(C)(C)OC(=O)[C@H]1CC[C@@H](O[Si](C)(C)C(C)(C)C)CN(N)C1=O. The molecule has 1 rings (SSSR count). The molecule has 1 saturated heterocycles. The highest BCUT2D eigenvalue weighted by Gasteiger charge is 2.42. The maximum absolute atomic E-state index is 12.4. The molecule has 0 aromatic carbocycles. The van der Waals surface area contributed by atoms with Crippen molar-refractivity contribution in [1.82, 2.24) is 5.01 Å². The van der Waals surface area contributed by atoms with Crippen LogP contribution in [0.5, 0.6) is 0 Å². The molecule has 0 unspecified atom stereocenters. The van der Waals surface area contributed by atoms with Crippen LogP contribution >= 0.6 is 0 Å². The maximum atomic E-state index is 12.4. The van der Waals surface area contributed by atoms with Crippen molar-refractivity contribution < 1.29 is 18.8 Å². The zero-order valence-corrected chi connectivity index (χ0v) is 17.4. The number of nitrogens with zero attached hydrogens (tertiary/aromatic N) is 1. The fourth-order valence-electron chi connectivity index (χ4n) is 2.36. The number of esters is 1. The summed E-state index contributed by atoms with van der Waals surface area (Å²) in [7, 11) is -1.96. The van der Waals surface area contributed by atoms with E-state index < -0.39 is 25.8 Å². The minimum absolute atomic E-state index is 0.0767. The first kappa shape index (κ1) is 21.1. The van der Waals surface area contributed by atoms with Gasteiger partial charge in [0.25, 0.3) is 5.91 Å². The number of hydrazine groups is 1. The van der Waals surface area contributed by atoms with E-state index in [0.29, 0.717) is 19.4 Å².